The zero-order valence-corrected chi connectivity index (χ0v) is 9.36. The molecule has 6 heteroatoms. The van der Waals surface area contributed by atoms with Crippen molar-refractivity contribution in [1.29, 1.82) is 0 Å². The van der Waals surface area contributed by atoms with Crippen LogP contribution < -0.4 is 10.9 Å². The second kappa shape index (κ2) is 4.63. The van der Waals surface area contributed by atoms with Gasteiger partial charge in [-0.2, -0.15) is 0 Å². The van der Waals surface area contributed by atoms with Crippen molar-refractivity contribution in [1.82, 2.24) is 0 Å². The molecule has 0 saturated carbocycles. The Morgan fingerprint density at radius 1 is 1.36 bits per heavy atom. The van der Waals surface area contributed by atoms with Gasteiger partial charge in [0.1, 0.15) is 0 Å². The molecule has 0 aliphatic carbocycles. The van der Waals surface area contributed by atoms with Crippen LogP contribution in [0.15, 0.2) is 18.2 Å². The number of halogens is 1. The summed E-state index contributed by atoms with van der Waals surface area (Å²) in [4.78, 5) is 0. The lowest BCUT2D eigenvalue weighted by Gasteiger charge is -2.04. The van der Waals surface area contributed by atoms with Crippen LogP contribution in [0.2, 0.25) is 0 Å². The predicted molar refractivity (Wildman–Crippen MR) is 59.7 cm³/mol. The SMILES string of the molecule is Cc1cc(N)ccc1CS(N)(=O)=O.Cl. The van der Waals surface area contributed by atoms with E-state index in [1.54, 1.807) is 25.1 Å². The second-order valence-electron chi connectivity index (χ2n) is 2.99. The standard InChI is InChI=1S/C8H12N2O2S.ClH/c1-6-4-8(9)3-2-7(6)5-13(10,11)12;/h2-4H,5,9H2,1H3,(H2,10,11,12);1H. The van der Waals surface area contributed by atoms with Crippen molar-refractivity contribution in [2.45, 2.75) is 12.7 Å². The summed E-state index contributed by atoms with van der Waals surface area (Å²) in [5, 5.41) is 4.92. The molecule has 0 unspecified atom stereocenters. The topological polar surface area (TPSA) is 86.2 Å². The number of rotatable bonds is 2. The smallest absolute Gasteiger partial charge is 0.213 e. The second-order valence-corrected chi connectivity index (χ2v) is 4.61. The molecule has 1 aromatic carbocycles. The van der Waals surface area contributed by atoms with E-state index in [1.807, 2.05) is 0 Å². The van der Waals surface area contributed by atoms with Crippen molar-refractivity contribution in [3.63, 3.8) is 0 Å². The third kappa shape index (κ3) is 3.95. The van der Waals surface area contributed by atoms with Gasteiger partial charge in [-0.25, -0.2) is 13.6 Å². The van der Waals surface area contributed by atoms with Gasteiger partial charge in [0.15, 0.2) is 0 Å². The Hall–Kier alpha value is -0.780. The zero-order chi connectivity index (χ0) is 10.1. The van der Waals surface area contributed by atoms with Crippen molar-refractivity contribution >= 4 is 28.1 Å². The molecule has 0 saturated heterocycles. The molecular weight excluding hydrogens is 224 g/mol. The van der Waals surface area contributed by atoms with Crippen LogP contribution >= 0.6 is 12.4 Å². The Kier molecular flexibility index (Phi) is 4.38. The average molecular weight is 237 g/mol. The highest BCUT2D eigenvalue weighted by atomic mass is 35.5. The number of nitrogen functional groups attached to an aromatic ring is 1. The monoisotopic (exact) mass is 236 g/mol. The van der Waals surface area contributed by atoms with E-state index in [0.717, 1.165) is 5.56 Å². The molecule has 0 heterocycles. The van der Waals surface area contributed by atoms with Gasteiger partial charge in [-0.1, -0.05) is 6.07 Å². The number of nitrogens with two attached hydrogens (primary N) is 2. The summed E-state index contributed by atoms with van der Waals surface area (Å²) < 4.78 is 21.6. The van der Waals surface area contributed by atoms with Gasteiger partial charge in [0.25, 0.3) is 0 Å². The Labute approximate surface area is 89.8 Å². The molecule has 0 atom stereocenters. The summed E-state index contributed by atoms with van der Waals surface area (Å²) in [5.74, 6) is -0.140. The molecule has 1 aromatic rings. The molecular formula is C8H13ClN2O2S. The van der Waals surface area contributed by atoms with Gasteiger partial charge >= 0.3 is 0 Å². The summed E-state index contributed by atoms with van der Waals surface area (Å²) in [6.07, 6.45) is 0. The minimum Gasteiger partial charge on any atom is -0.399 e. The summed E-state index contributed by atoms with van der Waals surface area (Å²) >= 11 is 0. The van der Waals surface area contributed by atoms with E-state index in [4.69, 9.17) is 10.9 Å². The van der Waals surface area contributed by atoms with Crippen LogP contribution in [0, 0.1) is 6.92 Å². The Morgan fingerprint density at radius 3 is 2.36 bits per heavy atom. The van der Waals surface area contributed by atoms with E-state index in [9.17, 15) is 8.42 Å². The number of primary sulfonamides is 1. The normalized spacial score (nSPS) is 10.7. The van der Waals surface area contributed by atoms with E-state index in [2.05, 4.69) is 0 Å². The summed E-state index contributed by atoms with van der Waals surface area (Å²) in [5.41, 5.74) is 7.66. The first kappa shape index (κ1) is 13.2. The molecule has 14 heavy (non-hydrogen) atoms. The number of hydrogen-bond acceptors (Lipinski definition) is 3. The Balaban J connectivity index is 0.00000169. The van der Waals surface area contributed by atoms with E-state index in [1.165, 1.54) is 0 Å². The maximum absolute atomic E-state index is 10.8. The fourth-order valence-electron chi connectivity index (χ4n) is 1.10. The fourth-order valence-corrected chi connectivity index (χ4v) is 1.86. The van der Waals surface area contributed by atoms with Crippen molar-refractivity contribution < 1.29 is 8.42 Å². The first-order valence-corrected chi connectivity index (χ1v) is 5.45. The van der Waals surface area contributed by atoms with Gasteiger partial charge in [0, 0.05) is 5.69 Å². The van der Waals surface area contributed by atoms with E-state index >= 15 is 0 Å². The van der Waals surface area contributed by atoms with Gasteiger partial charge in [-0.15, -0.1) is 12.4 Å². The molecule has 4 nitrogen and oxygen atoms in total. The summed E-state index contributed by atoms with van der Waals surface area (Å²) in [6.45, 7) is 1.80. The molecule has 1 rings (SSSR count). The van der Waals surface area contributed by atoms with Crippen LogP contribution in [0.1, 0.15) is 11.1 Å². The van der Waals surface area contributed by atoms with Crippen LogP contribution in [0.3, 0.4) is 0 Å². The molecule has 0 aromatic heterocycles. The van der Waals surface area contributed by atoms with Gasteiger partial charge in [-0.3, -0.25) is 0 Å². The third-order valence-corrected chi connectivity index (χ3v) is 2.44. The number of aryl methyl sites for hydroxylation is 1. The summed E-state index contributed by atoms with van der Waals surface area (Å²) in [6, 6.07) is 5.06. The quantitative estimate of drug-likeness (QED) is 0.745. The molecule has 0 amide bonds. The molecule has 0 spiro atoms. The van der Waals surface area contributed by atoms with Gasteiger partial charge < -0.3 is 5.73 Å². The first-order valence-electron chi connectivity index (χ1n) is 3.74. The molecule has 0 bridgehead atoms. The predicted octanol–water partition coefficient (Wildman–Crippen LogP) is 0.788. The lowest BCUT2D eigenvalue weighted by Crippen LogP contribution is -2.15. The van der Waals surface area contributed by atoms with Crippen LogP contribution in [0.5, 0.6) is 0 Å². The number of sulfonamides is 1. The minimum atomic E-state index is -3.45. The summed E-state index contributed by atoms with van der Waals surface area (Å²) in [7, 11) is -3.45. The van der Waals surface area contributed by atoms with Crippen molar-refractivity contribution in [3.05, 3.63) is 29.3 Å². The van der Waals surface area contributed by atoms with Crippen molar-refractivity contribution in [2.75, 3.05) is 5.73 Å². The van der Waals surface area contributed by atoms with Crippen LogP contribution in [-0.2, 0) is 15.8 Å². The third-order valence-electron chi connectivity index (χ3n) is 1.72. The number of anilines is 1. The maximum atomic E-state index is 10.8. The lowest BCUT2D eigenvalue weighted by molar-refractivity contribution is 0.597. The molecule has 0 aliphatic rings. The highest BCUT2D eigenvalue weighted by molar-refractivity contribution is 7.88. The van der Waals surface area contributed by atoms with Crippen molar-refractivity contribution in [2.24, 2.45) is 5.14 Å². The van der Waals surface area contributed by atoms with E-state index in [-0.39, 0.29) is 18.2 Å². The van der Waals surface area contributed by atoms with E-state index < -0.39 is 10.0 Å². The zero-order valence-electron chi connectivity index (χ0n) is 7.73. The maximum Gasteiger partial charge on any atom is 0.213 e. The fraction of sp³-hybridized carbons (Fsp3) is 0.250. The molecule has 0 radical (unpaired) electrons. The molecule has 0 aliphatic heterocycles. The van der Waals surface area contributed by atoms with Crippen LogP contribution in [0.25, 0.3) is 0 Å². The lowest BCUT2D eigenvalue weighted by atomic mass is 10.1. The van der Waals surface area contributed by atoms with Gasteiger partial charge in [0.05, 0.1) is 5.75 Å². The highest BCUT2D eigenvalue weighted by Gasteiger charge is 2.07. The van der Waals surface area contributed by atoms with Crippen molar-refractivity contribution in [3.8, 4) is 0 Å². The molecule has 4 N–H and O–H groups in total. The van der Waals surface area contributed by atoms with Crippen LogP contribution in [0.4, 0.5) is 5.69 Å². The minimum absolute atomic E-state index is 0. The van der Waals surface area contributed by atoms with Gasteiger partial charge in [-0.05, 0) is 30.2 Å². The van der Waals surface area contributed by atoms with E-state index in [0.29, 0.717) is 11.3 Å². The first-order chi connectivity index (χ1) is 5.88. The Bertz CT molecular complexity index is 417. The average Bonchev–Trinajstić information content (AvgIpc) is 1.93. The number of benzene rings is 1. The molecule has 80 valence electrons. The Morgan fingerprint density at radius 2 is 1.93 bits per heavy atom. The van der Waals surface area contributed by atoms with Crippen LogP contribution in [-0.4, -0.2) is 8.42 Å². The largest absolute Gasteiger partial charge is 0.399 e. The van der Waals surface area contributed by atoms with Gasteiger partial charge in [0.2, 0.25) is 10.0 Å². The number of hydrogen-bond donors (Lipinski definition) is 2. The molecule has 0 fully saturated rings. The highest BCUT2D eigenvalue weighted by Crippen LogP contribution is 2.13.